The minimum atomic E-state index is -0.135. The summed E-state index contributed by atoms with van der Waals surface area (Å²) in [7, 11) is 0. The van der Waals surface area contributed by atoms with Gasteiger partial charge in [-0.3, -0.25) is 0 Å². The molecule has 12 aromatic rings. The molecule has 0 fully saturated rings. The van der Waals surface area contributed by atoms with Crippen molar-refractivity contribution in [3.8, 4) is 45.1 Å². The van der Waals surface area contributed by atoms with Gasteiger partial charge in [-0.25, -0.2) is 0 Å². The molecule has 4 aliphatic rings. The Bertz CT molecular complexity index is 5050. The number of rotatable bonds is 3. The number of hydrogen-bond donors (Lipinski definition) is 0. The predicted molar refractivity (Wildman–Crippen MR) is 379 cm³/mol. The van der Waals surface area contributed by atoms with Crippen LogP contribution in [0.25, 0.3) is 77.2 Å². The Balaban J connectivity index is 1.07. The predicted octanol–water partition coefficient (Wildman–Crippen LogP) is 17.9. The number of ether oxygens (including phenoxy) is 1. The third-order valence-corrected chi connectivity index (χ3v) is 20.6. The van der Waals surface area contributed by atoms with Gasteiger partial charge in [-0.2, -0.15) is 0 Å². The van der Waals surface area contributed by atoms with Gasteiger partial charge in [-0.15, -0.1) is 0 Å². The molecule has 2 aromatic heterocycles. The van der Waals surface area contributed by atoms with Crippen molar-refractivity contribution in [3.05, 3.63) is 209 Å². The van der Waals surface area contributed by atoms with E-state index in [0.29, 0.717) is 0 Å². The Labute approximate surface area is 521 Å². The fourth-order valence-electron chi connectivity index (χ4n) is 15.6. The van der Waals surface area contributed by atoms with Crippen molar-refractivity contribution in [2.75, 3.05) is 4.90 Å². The molecule has 88 heavy (non-hydrogen) atoms. The molecule has 0 radical (unpaired) electrons. The van der Waals surface area contributed by atoms with Crippen LogP contribution in [0.15, 0.2) is 170 Å². The molecule has 0 amide bonds. The molecular formula is C82H79B2N3O. The first-order valence-electron chi connectivity index (χ1n) is 32.1. The van der Waals surface area contributed by atoms with Gasteiger partial charge >= 0.3 is 0 Å². The van der Waals surface area contributed by atoms with Crippen molar-refractivity contribution in [2.24, 2.45) is 0 Å². The molecule has 0 saturated carbocycles. The summed E-state index contributed by atoms with van der Waals surface area (Å²) >= 11 is 0. The van der Waals surface area contributed by atoms with Crippen LogP contribution in [-0.2, 0) is 27.1 Å². The zero-order valence-corrected chi connectivity index (χ0v) is 54.6. The van der Waals surface area contributed by atoms with E-state index in [1.165, 1.54) is 149 Å². The highest BCUT2D eigenvalue weighted by atomic mass is 16.5. The highest BCUT2D eigenvalue weighted by Crippen LogP contribution is 2.49. The summed E-state index contributed by atoms with van der Waals surface area (Å²) in [6, 6.07) is 67.1. The highest BCUT2D eigenvalue weighted by molar-refractivity contribution is 7.02. The smallest absolute Gasteiger partial charge is 0.256 e. The second kappa shape index (κ2) is 18.1. The maximum atomic E-state index is 7.82. The van der Waals surface area contributed by atoms with Crippen LogP contribution in [0.1, 0.15) is 143 Å². The van der Waals surface area contributed by atoms with E-state index < -0.39 is 0 Å². The summed E-state index contributed by atoms with van der Waals surface area (Å²) < 4.78 is 13.1. The van der Waals surface area contributed by atoms with Gasteiger partial charge in [0.1, 0.15) is 11.5 Å². The first kappa shape index (κ1) is 54.9. The van der Waals surface area contributed by atoms with Gasteiger partial charge in [0.2, 0.25) is 0 Å². The van der Waals surface area contributed by atoms with Crippen LogP contribution in [0.4, 0.5) is 17.1 Å². The van der Waals surface area contributed by atoms with E-state index in [4.69, 9.17) is 4.74 Å². The largest absolute Gasteiger partial charge is 0.458 e. The molecule has 4 aliphatic heterocycles. The highest BCUT2D eigenvalue weighted by Gasteiger charge is 2.48. The van der Waals surface area contributed by atoms with Gasteiger partial charge in [0.25, 0.3) is 13.4 Å². The Morgan fingerprint density at radius 1 is 0.330 bits per heavy atom. The SMILES string of the molecule is Cc1ccccc1-c1cc2c3c(c1)-n1c4ccc(C(C)(C)C)cc4c4cc(C(C)(C)C)cc(c41)B3c1cc3c(cc1O2)N(c1ccc(C(C)(C)C)cc1)c1cc(-c2ccccc2C)cc2c1B3c1cc(C(C)(C)C)cc3c4cc(C(C)(C)C)ccc4n-2c13. The maximum Gasteiger partial charge on any atom is 0.256 e. The lowest BCUT2D eigenvalue weighted by Crippen LogP contribution is -2.63. The third-order valence-electron chi connectivity index (χ3n) is 20.6. The second-order valence-electron chi connectivity index (χ2n) is 31.6. The summed E-state index contributed by atoms with van der Waals surface area (Å²) in [5, 5.41) is 5.24. The topological polar surface area (TPSA) is 22.3 Å². The summed E-state index contributed by atoms with van der Waals surface area (Å²) in [5.74, 6) is 1.82. The van der Waals surface area contributed by atoms with E-state index in [-0.39, 0.29) is 40.5 Å². The second-order valence-corrected chi connectivity index (χ2v) is 31.6. The van der Waals surface area contributed by atoms with Crippen molar-refractivity contribution in [1.82, 2.24) is 9.13 Å². The fraction of sp³-hybridized carbons (Fsp3) is 0.268. The number of nitrogens with zero attached hydrogens (tertiary/aromatic N) is 3. The van der Waals surface area contributed by atoms with Crippen LogP contribution in [-0.4, -0.2) is 22.6 Å². The van der Waals surface area contributed by atoms with E-state index in [0.717, 1.165) is 28.4 Å². The number of benzene rings is 10. The van der Waals surface area contributed by atoms with E-state index in [9.17, 15) is 0 Å². The number of anilines is 3. The molecule has 0 atom stereocenters. The molecule has 4 nitrogen and oxygen atoms in total. The first-order valence-corrected chi connectivity index (χ1v) is 32.1. The number of aromatic nitrogens is 2. The van der Waals surface area contributed by atoms with E-state index in [2.05, 4.69) is 302 Å². The van der Waals surface area contributed by atoms with Gasteiger partial charge in [0.05, 0.1) is 11.0 Å². The average molecular weight is 1140 g/mol. The van der Waals surface area contributed by atoms with Crippen LogP contribution in [0, 0.1) is 13.8 Å². The zero-order valence-electron chi connectivity index (χ0n) is 54.6. The molecule has 0 N–H and O–H groups in total. The van der Waals surface area contributed by atoms with E-state index >= 15 is 0 Å². The van der Waals surface area contributed by atoms with Crippen molar-refractivity contribution in [2.45, 2.75) is 145 Å². The lowest BCUT2D eigenvalue weighted by Gasteiger charge is -2.42. The van der Waals surface area contributed by atoms with Crippen molar-refractivity contribution in [3.63, 3.8) is 0 Å². The minimum Gasteiger partial charge on any atom is -0.458 e. The molecule has 10 aromatic carbocycles. The standard InChI is InChI=1S/C82H79B2N3O/c1-46-22-18-20-24-56(46)48-34-69-74-70(35-48)86-66-32-28-51(79(6,7)8)38-58(66)60-40-53(81(12,13)14)42-64(76(60)86)83(74)62-44-63-72(45-68(62)85(69)55-30-26-50(27-31-55)78(3,4)5)88-73-37-49(57-25-21-19-23-47(57)2)36-71-75(73)84(63)65-43-54(82(15,16)17)41-61-59-39-52(80(9,10)11)29-33-67(59)87(71)77(61)65/h18-45H,1-17H3. The quantitative estimate of drug-likeness (QED) is 0.165. The molecule has 0 spiro atoms. The summed E-state index contributed by atoms with van der Waals surface area (Å²) in [6.45, 7) is 39.6. The van der Waals surface area contributed by atoms with Gasteiger partial charge in [-0.1, -0.05) is 195 Å². The van der Waals surface area contributed by atoms with Crippen LogP contribution in [0.2, 0.25) is 0 Å². The Morgan fingerprint density at radius 3 is 1.25 bits per heavy atom. The summed E-state index contributed by atoms with van der Waals surface area (Å²) in [4.78, 5) is 2.61. The van der Waals surface area contributed by atoms with Crippen LogP contribution >= 0.6 is 0 Å². The van der Waals surface area contributed by atoms with Gasteiger partial charge < -0.3 is 18.8 Å². The average Bonchev–Trinajstić information content (AvgIpc) is 1.31. The number of aryl methyl sites for hydroxylation is 2. The van der Waals surface area contributed by atoms with Gasteiger partial charge in [0, 0.05) is 67.1 Å². The number of hydrogen-bond acceptors (Lipinski definition) is 2. The minimum absolute atomic E-state index is 0.0257. The molecule has 0 aliphatic carbocycles. The molecule has 0 unspecified atom stereocenters. The van der Waals surface area contributed by atoms with E-state index in [1.807, 2.05) is 0 Å². The lowest BCUT2D eigenvalue weighted by atomic mass is 9.30. The maximum absolute atomic E-state index is 7.82. The zero-order chi connectivity index (χ0) is 61.4. The molecule has 16 rings (SSSR count). The Hall–Kier alpha value is -8.47. The molecule has 0 saturated heterocycles. The Kier molecular flexibility index (Phi) is 11.3. The monoisotopic (exact) mass is 1140 g/mol. The van der Waals surface area contributed by atoms with Crippen LogP contribution in [0.3, 0.4) is 0 Å². The van der Waals surface area contributed by atoms with E-state index in [1.54, 1.807) is 0 Å². The van der Waals surface area contributed by atoms with Crippen molar-refractivity contribution >= 4 is 107 Å². The lowest BCUT2D eigenvalue weighted by molar-refractivity contribution is 0.487. The molecular weight excluding hydrogens is 1060 g/mol. The molecule has 6 heterocycles. The molecule has 434 valence electrons. The number of fused-ring (bicyclic) bond motifs is 14. The van der Waals surface area contributed by atoms with Gasteiger partial charge in [-0.05, 0) is 208 Å². The molecule has 6 heteroatoms. The van der Waals surface area contributed by atoms with Crippen molar-refractivity contribution < 1.29 is 4.74 Å². The first-order chi connectivity index (χ1) is 41.6. The van der Waals surface area contributed by atoms with Crippen molar-refractivity contribution in [1.29, 1.82) is 0 Å². The fourth-order valence-corrected chi connectivity index (χ4v) is 15.6. The Morgan fingerprint density at radius 2 is 0.761 bits per heavy atom. The molecule has 0 bridgehead atoms. The van der Waals surface area contributed by atoms with Gasteiger partial charge in [0.15, 0.2) is 0 Å². The third kappa shape index (κ3) is 7.91. The summed E-state index contributed by atoms with van der Waals surface area (Å²) in [5.41, 5.74) is 32.4. The van der Waals surface area contributed by atoms with Crippen LogP contribution in [0.5, 0.6) is 11.5 Å². The summed E-state index contributed by atoms with van der Waals surface area (Å²) in [6.07, 6.45) is 0. The van der Waals surface area contributed by atoms with Crippen LogP contribution < -0.4 is 42.4 Å². The normalized spacial score (nSPS) is 14.2.